The molecule has 7 heteroatoms. The predicted molar refractivity (Wildman–Crippen MR) is 137 cm³/mol. The molecule has 178 valence electrons. The fourth-order valence-corrected chi connectivity index (χ4v) is 4.13. The van der Waals surface area contributed by atoms with Crippen LogP contribution < -0.4 is 10.1 Å². The van der Waals surface area contributed by atoms with E-state index in [0.29, 0.717) is 28.3 Å². The minimum absolute atomic E-state index is 0.0772. The molecule has 0 bridgehead atoms. The summed E-state index contributed by atoms with van der Waals surface area (Å²) in [7, 11) is 0. The number of rotatable bonds is 8. The van der Waals surface area contributed by atoms with E-state index in [1.807, 2.05) is 77.4 Å². The highest BCUT2D eigenvalue weighted by Crippen LogP contribution is 2.29. The summed E-state index contributed by atoms with van der Waals surface area (Å²) in [6.07, 6.45) is 1.56. The number of imidazole rings is 1. The van der Waals surface area contributed by atoms with E-state index in [0.717, 1.165) is 11.1 Å². The fourth-order valence-electron chi connectivity index (χ4n) is 4.13. The van der Waals surface area contributed by atoms with Crippen LogP contribution in [0.25, 0.3) is 11.0 Å². The first-order chi connectivity index (χ1) is 17.6. The molecular weight excluding hydrogens is 454 g/mol. The van der Waals surface area contributed by atoms with Gasteiger partial charge in [0.05, 0.1) is 35.4 Å². The molecule has 1 atom stereocenters. The molecule has 5 aromatic rings. The SMILES string of the molecule is O=C(O)CC(c1ccccc1)n1cnc2cc(NC(=O)c3ccccc3Oc3ccccc3)ccc21. The van der Waals surface area contributed by atoms with Gasteiger partial charge in [0.15, 0.2) is 0 Å². The molecule has 1 aromatic heterocycles. The van der Waals surface area contributed by atoms with Gasteiger partial charge in [0.1, 0.15) is 11.5 Å². The lowest BCUT2D eigenvalue weighted by Crippen LogP contribution is -2.14. The first-order valence-electron chi connectivity index (χ1n) is 11.4. The summed E-state index contributed by atoms with van der Waals surface area (Å²) in [5.41, 5.74) is 3.27. The summed E-state index contributed by atoms with van der Waals surface area (Å²) in [5, 5.41) is 12.4. The summed E-state index contributed by atoms with van der Waals surface area (Å²) >= 11 is 0. The Balaban J connectivity index is 1.40. The molecule has 0 aliphatic carbocycles. The van der Waals surface area contributed by atoms with Crippen LogP contribution in [0.4, 0.5) is 5.69 Å². The van der Waals surface area contributed by atoms with E-state index in [4.69, 9.17) is 4.74 Å². The van der Waals surface area contributed by atoms with E-state index >= 15 is 0 Å². The summed E-state index contributed by atoms with van der Waals surface area (Å²) in [5.74, 6) is -0.121. The van der Waals surface area contributed by atoms with Crippen LogP contribution in [-0.2, 0) is 4.79 Å². The minimum atomic E-state index is -0.897. The molecule has 0 aliphatic rings. The van der Waals surface area contributed by atoms with Crippen molar-refractivity contribution < 1.29 is 19.4 Å². The van der Waals surface area contributed by atoms with Gasteiger partial charge in [0.2, 0.25) is 0 Å². The lowest BCUT2D eigenvalue weighted by Gasteiger charge is -2.18. The van der Waals surface area contributed by atoms with Crippen molar-refractivity contribution >= 4 is 28.6 Å². The molecule has 0 saturated heterocycles. The van der Waals surface area contributed by atoms with Crippen molar-refractivity contribution in [3.63, 3.8) is 0 Å². The zero-order chi connectivity index (χ0) is 24.9. The number of ether oxygens (including phenoxy) is 1. The number of carbonyl (C=O) groups excluding carboxylic acids is 1. The number of carbonyl (C=O) groups is 2. The molecule has 5 rings (SSSR count). The number of hydrogen-bond donors (Lipinski definition) is 2. The number of nitrogens with zero attached hydrogens (tertiary/aromatic N) is 2. The van der Waals surface area contributed by atoms with Crippen LogP contribution in [0.3, 0.4) is 0 Å². The van der Waals surface area contributed by atoms with Crippen LogP contribution in [-0.4, -0.2) is 26.5 Å². The van der Waals surface area contributed by atoms with Crippen molar-refractivity contribution in [3.05, 3.63) is 121 Å². The molecular formula is C29H23N3O4. The van der Waals surface area contributed by atoms with Crippen molar-refractivity contribution in [2.75, 3.05) is 5.32 Å². The number of anilines is 1. The molecule has 36 heavy (non-hydrogen) atoms. The van der Waals surface area contributed by atoms with E-state index in [1.54, 1.807) is 36.7 Å². The zero-order valence-corrected chi connectivity index (χ0v) is 19.2. The first kappa shape index (κ1) is 22.9. The molecule has 1 heterocycles. The highest BCUT2D eigenvalue weighted by atomic mass is 16.5. The van der Waals surface area contributed by atoms with Crippen LogP contribution in [0.1, 0.15) is 28.4 Å². The Morgan fingerprint density at radius 2 is 1.58 bits per heavy atom. The van der Waals surface area contributed by atoms with E-state index in [1.165, 1.54) is 0 Å². The second-order valence-corrected chi connectivity index (χ2v) is 8.25. The molecule has 0 aliphatic heterocycles. The zero-order valence-electron chi connectivity index (χ0n) is 19.2. The van der Waals surface area contributed by atoms with Crippen LogP contribution in [0.5, 0.6) is 11.5 Å². The van der Waals surface area contributed by atoms with Crippen molar-refractivity contribution in [2.45, 2.75) is 12.5 Å². The molecule has 0 spiro atoms. The van der Waals surface area contributed by atoms with Gasteiger partial charge in [-0.3, -0.25) is 9.59 Å². The van der Waals surface area contributed by atoms with Crippen LogP contribution in [0.2, 0.25) is 0 Å². The first-order valence-corrected chi connectivity index (χ1v) is 11.4. The molecule has 4 aromatic carbocycles. The lowest BCUT2D eigenvalue weighted by molar-refractivity contribution is -0.137. The van der Waals surface area contributed by atoms with Crippen molar-refractivity contribution in [1.29, 1.82) is 0 Å². The van der Waals surface area contributed by atoms with Gasteiger partial charge in [-0.25, -0.2) is 4.98 Å². The fraction of sp³-hybridized carbons (Fsp3) is 0.0690. The Kier molecular flexibility index (Phi) is 6.44. The summed E-state index contributed by atoms with van der Waals surface area (Å²) in [4.78, 5) is 29.2. The van der Waals surface area contributed by atoms with Crippen molar-refractivity contribution in [3.8, 4) is 11.5 Å². The highest BCUT2D eigenvalue weighted by molar-refractivity contribution is 6.06. The second-order valence-electron chi connectivity index (χ2n) is 8.25. The second kappa shape index (κ2) is 10.1. The molecule has 0 radical (unpaired) electrons. The van der Waals surface area contributed by atoms with Gasteiger partial charge in [-0.1, -0.05) is 60.7 Å². The van der Waals surface area contributed by atoms with Crippen LogP contribution in [0.15, 0.2) is 109 Å². The molecule has 0 fully saturated rings. The number of aliphatic carboxylic acids is 1. The molecule has 2 N–H and O–H groups in total. The Bertz CT molecular complexity index is 1510. The number of carboxylic acids is 1. The number of carboxylic acid groups (broad SMARTS) is 1. The third-order valence-electron chi connectivity index (χ3n) is 5.82. The number of fused-ring (bicyclic) bond motifs is 1. The maximum Gasteiger partial charge on any atom is 0.305 e. The van der Waals surface area contributed by atoms with E-state index < -0.39 is 12.0 Å². The number of aromatic nitrogens is 2. The van der Waals surface area contributed by atoms with Gasteiger partial charge >= 0.3 is 5.97 Å². The van der Waals surface area contributed by atoms with Gasteiger partial charge in [-0.2, -0.15) is 0 Å². The molecule has 7 nitrogen and oxygen atoms in total. The Hall–Kier alpha value is -4.91. The van der Waals surface area contributed by atoms with E-state index in [2.05, 4.69) is 10.3 Å². The Labute approximate surface area is 207 Å². The van der Waals surface area contributed by atoms with Gasteiger partial charge in [-0.05, 0) is 48.0 Å². The van der Waals surface area contributed by atoms with Gasteiger partial charge in [0.25, 0.3) is 5.91 Å². The van der Waals surface area contributed by atoms with Crippen LogP contribution >= 0.6 is 0 Å². The Morgan fingerprint density at radius 1 is 0.889 bits per heavy atom. The largest absolute Gasteiger partial charge is 0.481 e. The maximum atomic E-state index is 13.1. The van der Waals surface area contributed by atoms with Gasteiger partial charge in [0, 0.05) is 5.69 Å². The number of para-hydroxylation sites is 2. The number of amides is 1. The third kappa shape index (κ3) is 4.95. The third-order valence-corrected chi connectivity index (χ3v) is 5.82. The molecule has 0 saturated carbocycles. The number of benzene rings is 4. The van der Waals surface area contributed by atoms with Gasteiger partial charge < -0.3 is 19.7 Å². The summed E-state index contributed by atoms with van der Waals surface area (Å²) in [6, 6.07) is 30.8. The monoisotopic (exact) mass is 477 g/mol. The minimum Gasteiger partial charge on any atom is -0.481 e. The molecule has 1 unspecified atom stereocenters. The van der Waals surface area contributed by atoms with Crippen molar-refractivity contribution in [2.24, 2.45) is 0 Å². The summed E-state index contributed by atoms with van der Waals surface area (Å²) in [6.45, 7) is 0. The Morgan fingerprint density at radius 3 is 2.33 bits per heavy atom. The molecule has 1 amide bonds. The van der Waals surface area contributed by atoms with Crippen LogP contribution in [0, 0.1) is 0 Å². The maximum absolute atomic E-state index is 13.1. The quantitative estimate of drug-likeness (QED) is 0.280. The smallest absolute Gasteiger partial charge is 0.305 e. The predicted octanol–water partition coefficient (Wildman–Crippen LogP) is 6.15. The van der Waals surface area contributed by atoms with E-state index in [-0.39, 0.29) is 12.3 Å². The van der Waals surface area contributed by atoms with Crippen molar-refractivity contribution in [1.82, 2.24) is 9.55 Å². The normalized spacial score (nSPS) is 11.7. The number of hydrogen-bond acceptors (Lipinski definition) is 4. The standard InChI is InChI=1S/C29H23N3O4/c33-28(34)18-26(20-9-3-1-4-10-20)32-19-30-24-17-21(15-16-25(24)32)31-29(35)23-13-7-8-14-27(23)36-22-11-5-2-6-12-22/h1-17,19,26H,18H2,(H,31,35)(H,33,34). The lowest BCUT2D eigenvalue weighted by atomic mass is 10.0. The summed E-state index contributed by atoms with van der Waals surface area (Å²) < 4.78 is 7.77. The average molecular weight is 478 g/mol. The highest BCUT2D eigenvalue weighted by Gasteiger charge is 2.20. The average Bonchev–Trinajstić information content (AvgIpc) is 3.31. The topological polar surface area (TPSA) is 93.5 Å². The number of nitrogens with one attached hydrogen (secondary N) is 1. The van der Waals surface area contributed by atoms with E-state index in [9.17, 15) is 14.7 Å². The van der Waals surface area contributed by atoms with Gasteiger partial charge in [-0.15, -0.1) is 0 Å².